The Bertz CT molecular complexity index is 457. The first-order valence-electron chi connectivity index (χ1n) is 5.73. The number of carbonyl (C=O) groups is 1. The monoisotopic (exact) mass is 252 g/mol. The second kappa shape index (κ2) is 4.84. The highest BCUT2D eigenvalue weighted by molar-refractivity contribution is 5.78. The molecule has 1 aromatic rings. The molecule has 1 fully saturated rings. The lowest BCUT2D eigenvalue weighted by atomic mass is 10.2. The predicted octanol–water partition coefficient (Wildman–Crippen LogP) is 2.13. The third-order valence-corrected chi connectivity index (χ3v) is 2.94. The molecule has 1 aromatic heterocycles. The summed E-state index contributed by atoms with van der Waals surface area (Å²) in [6.45, 7) is 3.25. The van der Waals surface area contributed by atoms with Crippen LogP contribution in [0.2, 0.25) is 0 Å². The van der Waals surface area contributed by atoms with E-state index in [4.69, 9.17) is 0 Å². The molecule has 5 heteroatoms. The average Bonchev–Trinajstić information content (AvgIpc) is 2.71. The lowest BCUT2D eigenvalue weighted by Gasteiger charge is -2.15. The molecule has 1 aliphatic rings. The van der Waals surface area contributed by atoms with Crippen LogP contribution in [-0.2, 0) is 11.2 Å². The molecule has 0 N–H and O–H groups in total. The van der Waals surface area contributed by atoms with Crippen LogP contribution in [0.15, 0.2) is 24.9 Å². The van der Waals surface area contributed by atoms with E-state index in [2.05, 4.69) is 11.6 Å². The van der Waals surface area contributed by atoms with E-state index >= 15 is 0 Å². The van der Waals surface area contributed by atoms with Gasteiger partial charge in [-0.1, -0.05) is 18.7 Å². The topological polar surface area (TPSA) is 33.2 Å². The molecule has 1 aliphatic heterocycles. The Balaban J connectivity index is 1.97. The molecule has 0 bridgehead atoms. The van der Waals surface area contributed by atoms with Crippen molar-refractivity contribution in [1.29, 1.82) is 0 Å². The average molecular weight is 252 g/mol. The first kappa shape index (κ1) is 12.7. The second-order valence-corrected chi connectivity index (χ2v) is 4.39. The Kier molecular flexibility index (Phi) is 3.41. The first-order chi connectivity index (χ1) is 8.50. The van der Waals surface area contributed by atoms with Gasteiger partial charge in [-0.3, -0.25) is 9.78 Å². The minimum Gasteiger partial charge on any atom is -0.336 e. The first-order valence-corrected chi connectivity index (χ1v) is 5.73. The van der Waals surface area contributed by atoms with Crippen LogP contribution in [0.5, 0.6) is 0 Å². The number of rotatable bonds is 3. The van der Waals surface area contributed by atoms with E-state index in [0.717, 1.165) is 5.56 Å². The number of hydrogen-bond donors (Lipinski definition) is 0. The van der Waals surface area contributed by atoms with Crippen LogP contribution in [0.4, 0.5) is 8.78 Å². The number of aromatic nitrogens is 1. The largest absolute Gasteiger partial charge is 0.336 e. The Morgan fingerprint density at radius 2 is 2.33 bits per heavy atom. The summed E-state index contributed by atoms with van der Waals surface area (Å²) in [7, 11) is 0. The van der Waals surface area contributed by atoms with Crippen molar-refractivity contribution in [3.63, 3.8) is 0 Å². The summed E-state index contributed by atoms with van der Waals surface area (Å²) in [4.78, 5) is 17.1. The summed E-state index contributed by atoms with van der Waals surface area (Å²) in [5.41, 5.74) is 1.44. The van der Waals surface area contributed by atoms with Crippen molar-refractivity contribution in [2.24, 2.45) is 0 Å². The quantitative estimate of drug-likeness (QED) is 0.825. The SMILES string of the molecule is C=Cc1ccc(CC(=O)N2CCC(F)(F)C2)nc1. The van der Waals surface area contributed by atoms with Crippen molar-refractivity contribution in [1.82, 2.24) is 9.88 Å². The highest BCUT2D eigenvalue weighted by Crippen LogP contribution is 2.27. The van der Waals surface area contributed by atoms with Crippen molar-refractivity contribution < 1.29 is 13.6 Å². The Morgan fingerprint density at radius 1 is 1.56 bits per heavy atom. The van der Waals surface area contributed by atoms with Gasteiger partial charge >= 0.3 is 0 Å². The van der Waals surface area contributed by atoms with Gasteiger partial charge in [-0.2, -0.15) is 0 Å². The summed E-state index contributed by atoms with van der Waals surface area (Å²) in [5, 5.41) is 0. The highest BCUT2D eigenvalue weighted by Gasteiger charge is 2.40. The number of hydrogen-bond acceptors (Lipinski definition) is 2. The molecular weight excluding hydrogens is 238 g/mol. The van der Waals surface area contributed by atoms with E-state index in [1.807, 2.05) is 0 Å². The molecule has 0 aromatic carbocycles. The van der Waals surface area contributed by atoms with Gasteiger partial charge < -0.3 is 4.90 Å². The molecule has 0 aliphatic carbocycles. The minimum atomic E-state index is -2.74. The Labute approximate surface area is 104 Å². The smallest absolute Gasteiger partial charge is 0.267 e. The zero-order chi connectivity index (χ0) is 13.2. The lowest BCUT2D eigenvalue weighted by molar-refractivity contribution is -0.131. The van der Waals surface area contributed by atoms with Gasteiger partial charge in [0.25, 0.3) is 5.92 Å². The molecule has 0 atom stereocenters. The molecule has 0 saturated carbocycles. The van der Waals surface area contributed by atoms with Crippen molar-refractivity contribution in [3.05, 3.63) is 36.2 Å². The van der Waals surface area contributed by atoms with Crippen LogP contribution >= 0.6 is 0 Å². The zero-order valence-electron chi connectivity index (χ0n) is 9.90. The number of carbonyl (C=O) groups excluding carboxylic acids is 1. The summed E-state index contributed by atoms with van der Waals surface area (Å²) in [6.07, 6.45) is 3.07. The number of pyridine rings is 1. The fourth-order valence-corrected chi connectivity index (χ4v) is 1.88. The molecule has 1 saturated heterocycles. The van der Waals surface area contributed by atoms with Gasteiger partial charge in [0.2, 0.25) is 5.91 Å². The zero-order valence-corrected chi connectivity index (χ0v) is 9.90. The van der Waals surface area contributed by atoms with E-state index in [-0.39, 0.29) is 25.3 Å². The van der Waals surface area contributed by atoms with E-state index < -0.39 is 12.5 Å². The van der Waals surface area contributed by atoms with E-state index in [9.17, 15) is 13.6 Å². The maximum absolute atomic E-state index is 13.0. The number of likely N-dealkylation sites (tertiary alicyclic amines) is 1. The van der Waals surface area contributed by atoms with Gasteiger partial charge in [-0.25, -0.2) is 8.78 Å². The molecule has 3 nitrogen and oxygen atoms in total. The standard InChI is InChI=1S/C13H14F2N2O/c1-2-10-3-4-11(16-8-10)7-12(18)17-6-5-13(14,15)9-17/h2-4,8H,1,5-7,9H2. The normalized spacial score (nSPS) is 17.8. The Morgan fingerprint density at radius 3 is 2.83 bits per heavy atom. The van der Waals surface area contributed by atoms with Gasteiger partial charge in [0, 0.05) is 24.9 Å². The van der Waals surface area contributed by atoms with Crippen LogP contribution in [0.3, 0.4) is 0 Å². The molecule has 0 spiro atoms. The van der Waals surface area contributed by atoms with Gasteiger partial charge in [-0.05, 0) is 11.6 Å². The summed E-state index contributed by atoms with van der Waals surface area (Å²) in [5.74, 6) is -3.04. The number of amides is 1. The fraction of sp³-hybridized carbons (Fsp3) is 0.385. The predicted molar refractivity (Wildman–Crippen MR) is 64.2 cm³/mol. The van der Waals surface area contributed by atoms with Crippen molar-refractivity contribution in [2.45, 2.75) is 18.8 Å². The summed E-state index contributed by atoms with van der Waals surface area (Å²) >= 11 is 0. The molecule has 0 unspecified atom stereocenters. The van der Waals surface area contributed by atoms with Crippen LogP contribution in [0.25, 0.3) is 6.08 Å². The van der Waals surface area contributed by atoms with Gasteiger partial charge in [0.05, 0.1) is 13.0 Å². The van der Waals surface area contributed by atoms with Gasteiger partial charge in [0.1, 0.15) is 0 Å². The summed E-state index contributed by atoms with van der Waals surface area (Å²) in [6, 6.07) is 3.50. The molecule has 1 amide bonds. The van der Waals surface area contributed by atoms with E-state index in [0.29, 0.717) is 5.69 Å². The third-order valence-electron chi connectivity index (χ3n) is 2.94. The summed E-state index contributed by atoms with van der Waals surface area (Å²) < 4.78 is 25.9. The van der Waals surface area contributed by atoms with Crippen molar-refractivity contribution in [2.75, 3.05) is 13.1 Å². The molecule has 2 heterocycles. The lowest BCUT2D eigenvalue weighted by Crippen LogP contribution is -2.32. The number of alkyl halides is 2. The van der Waals surface area contributed by atoms with Gasteiger partial charge in [0.15, 0.2) is 0 Å². The molecule has 18 heavy (non-hydrogen) atoms. The fourth-order valence-electron chi connectivity index (χ4n) is 1.88. The maximum atomic E-state index is 13.0. The third kappa shape index (κ3) is 2.91. The molecule has 96 valence electrons. The minimum absolute atomic E-state index is 0.0630. The number of nitrogens with zero attached hydrogens (tertiary/aromatic N) is 2. The molecule has 2 rings (SSSR count). The Hall–Kier alpha value is -1.78. The van der Waals surface area contributed by atoms with E-state index in [1.54, 1.807) is 24.4 Å². The van der Waals surface area contributed by atoms with Gasteiger partial charge in [-0.15, -0.1) is 0 Å². The highest BCUT2D eigenvalue weighted by atomic mass is 19.3. The second-order valence-electron chi connectivity index (χ2n) is 4.39. The van der Waals surface area contributed by atoms with Crippen LogP contribution in [-0.4, -0.2) is 34.8 Å². The molecule has 0 radical (unpaired) electrons. The van der Waals surface area contributed by atoms with Crippen LogP contribution in [0, 0.1) is 0 Å². The number of halogens is 2. The van der Waals surface area contributed by atoms with Crippen LogP contribution in [0.1, 0.15) is 17.7 Å². The van der Waals surface area contributed by atoms with Crippen molar-refractivity contribution in [3.8, 4) is 0 Å². The molecular formula is C13H14F2N2O. The van der Waals surface area contributed by atoms with Crippen LogP contribution < -0.4 is 0 Å². The maximum Gasteiger partial charge on any atom is 0.267 e. The van der Waals surface area contributed by atoms with E-state index in [1.165, 1.54) is 4.90 Å². The van der Waals surface area contributed by atoms with Crippen molar-refractivity contribution >= 4 is 12.0 Å².